The number of nitrogens with zero attached hydrogens (tertiary/aromatic N) is 3. The summed E-state index contributed by atoms with van der Waals surface area (Å²) in [6, 6.07) is 6.24. The van der Waals surface area contributed by atoms with Gasteiger partial charge < -0.3 is 14.8 Å². The van der Waals surface area contributed by atoms with Crippen LogP contribution in [0.1, 0.15) is 19.4 Å². The van der Waals surface area contributed by atoms with Crippen LogP contribution >= 0.6 is 0 Å². The molecule has 2 aromatic rings. The van der Waals surface area contributed by atoms with E-state index in [9.17, 15) is 9.59 Å². The van der Waals surface area contributed by atoms with Crippen molar-refractivity contribution in [3.63, 3.8) is 0 Å². The van der Waals surface area contributed by atoms with Crippen LogP contribution < -0.4 is 19.7 Å². The molecule has 0 radical (unpaired) electrons. The number of methoxy groups -OCH3 is 1. The Morgan fingerprint density at radius 3 is 2.52 bits per heavy atom. The molecule has 0 unspecified atom stereocenters. The van der Waals surface area contributed by atoms with Crippen LogP contribution in [0.15, 0.2) is 30.6 Å². The Bertz CT molecular complexity index is 850. The summed E-state index contributed by atoms with van der Waals surface area (Å²) in [5.41, 5.74) is -0.0685. The molecular formula is C17H18N4O4. The Morgan fingerprint density at radius 1 is 1.16 bits per heavy atom. The maximum Gasteiger partial charge on any atom is 0.330 e. The molecule has 0 bridgehead atoms. The summed E-state index contributed by atoms with van der Waals surface area (Å²) in [7, 11) is 1.60. The molecule has 0 spiro atoms. The van der Waals surface area contributed by atoms with Crippen molar-refractivity contribution in [2.75, 3.05) is 12.0 Å². The van der Waals surface area contributed by atoms with E-state index in [1.165, 1.54) is 12.4 Å². The van der Waals surface area contributed by atoms with Crippen LogP contribution in [-0.2, 0) is 4.79 Å². The van der Waals surface area contributed by atoms with Gasteiger partial charge in [0.2, 0.25) is 5.88 Å². The molecule has 2 heterocycles. The second kappa shape index (κ2) is 6.04. The van der Waals surface area contributed by atoms with Gasteiger partial charge in [0.05, 0.1) is 7.11 Å². The second-order valence-corrected chi connectivity index (χ2v) is 6.14. The number of ether oxygens (including phenoxy) is 2. The second-order valence-electron chi connectivity index (χ2n) is 6.14. The van der Waals surface area contributed by atoms with E-state index in [2.05, 4.69) is 15.3 Å². The number of benzene rings is 1. The number of nitrogens with one attached hydrogen (secondary N) is 1. The number of rotatable bonds is 4. The predicted molar refractivity (Wildman–Crippen MR) is 89.9 cm³/mol. The van der Waals surface area contributed by atoms with Gasteiger partial charge >= 0.3 is 6.03 Å². The van der Waals surface area contributed by atoms with E-state index in [4.69, 9.17) is 9.47 Å². The summed E-state index contributed by atoms with van der Waals surface area (Å²) in [5.74, 6) is 1.29. The van der Waals surface area contributed by atoms with E-state index in [1.54, 1.807) is 39.2 Å². The van der Waals surface area contributed by atoms with Crippen molar-refractivity contribution >= 4 is 17.8 Å². The third kappa shape index (κ3) is 3.10. The highest BCUT2D eigenvalue weighted by Crippen LogP contribution is 2.29. The molecule has 0 aliphatic carbocycles. The average Bonchev–Trinajstić information content (AvgIpc) is 2.75. The van der Waals surface area contributed by atoms with Crippen LogP contribution in [0.2, 0.25) is 0 Å². The molecule has 0 saturated carbocycles. The summed E-state index contributed by atoms with van der Waals surface area (Å²) < 4.78 is 10.9. The first-order valence-electron chi connectivity index (χ1n) is 7.63. The molecule has 1 aromatic heterocycles. The number of imide groups is 1. The molecule has 1 aromatic carbocycles. The molecule has 25 heavy (non-hydrogen) atoms. The van der Waals surface area contributed by atoms with E-state index < -0.39 is 11.6 Å². The van der Waals surface area contributed by atoms with E-state index in [-0.39, 0.29) is 17.6 Å². The molecule has 3 rings (SSSR count). The summed E-state index contributed by atoms with van der Waals surface area (Å²) in [6.45, 7) is 5.16. The largest absolute Gasteiger partial charge is 0.496 e. The minimum Gasteiger partial charge on any atom is -0.496 e. The van der Waals surface area contributed by atoms with Crippen molar-refractivity contribution in [3.8, 4) is 17.4 Å². The molecule has 8 heteroatoms. The van der Waals surface area contributed by atoms with Crippen LogP contribution in [0.5, 0.6) is 17.4 Å². The van der Waals surface area contributed by atoms with Gasteiger partial charge in [0.25, 0.3) is 5.91 Å². The Kier molecular flexibility index (Phi) is 4.03. The maximum absolute atomic E-state index is 12.4. The Balaban J connectivity index is 1.86. The fraction of sp³-hybridized carbons (Fsp3) is 0.294. The topological polar surface area (TPSA) is 93.7 Å². The first-order valence-corrected chi connectivity index (χ1v) is 7.63. The zero-order chi connectivity index (χ0) is 18.2. The lowest BCUT2D eigenvalue weighted by atomic mass is 10.1. The minimum atomic E-state index is -0.976. The quantitative estimate of drug-likeness (QED) is 0.858. The molecular weight excluding hydrogens is 324 g/mol. The molecule has 3 amide bonds. The Hall–Kier alpha value is -3.16. The van der Waals surface area contributed by atoms with Gasteiger partial charge in [0.1, 0.15) is 23.4 Å². The highest BCUT2D eigenvalue weighted by molar-refractivity contribution is 6.22. The van der Waals surface area contributed by atoms with Gasteiger partial charge in [0.15, 0.2) is 5.82 Å². The molecule has 1 aliphatic heterocycles. The highest BCUT2D eigenvalue weighted by atomic mass is 16.5. The predicted octanol–water partition coefficient (Wildman–Crippen LogP) is 2.42. The lowest BCUT2D eigenvalue weighted by Crippen LogP contribution is -2.40. The van der Waals surface area contributed by atoms with E-state index in [0.29, 0.717) is 5.75 Å². The van der Waals surface area contributed by atoms with Crippen LogP contribution in [-0.4, -0.2) is 34.6 Å². The first-order chi connectivity index (χ1) is 11.8. The van der Waals surface area contributed by atoms with Crippen molar-refractivity contribution in [2.24, 2.45) is 0 Å². The molecule has 130 valence electrons. The van der Waals surface area contributed by atoms with Gasteiger partial charge in [0, 0.05) is 6.07 Å². The third-order valence-corrected chi connectivity index (χ3v) is 3.81. The number of aryl methyl sites for hydroxylation is 1. The SMILES string of the molecule is COc1ccc(Oc2cc(N3C(=O)NC(C)(C)C3=O)ncn2)cc1C. The van der Waals surface area contributed by atoms with Crippen LogP contribution in [0.4, 0.5) is 10.6 Å². The zero-order valence-corrected chi connectivity index (χ0v) is 14.4. The van der Waals surface area contributed by atoms with Crippen molar-refractivity contribution in [2.45, 2.75) is 26.3 Å². The van der Waals surface area contributed by atoms with Crippen molar-refractivity contribution < 1.29 is 19.1 Å². The first kappa shape index (κ1) is 16.7. The smallest absolute Gasteiger partial charge is 0.330 e. The maximum atomic E-state index is 12.4. The van der Waals surface area contributed by atoms with E-state index in [0.717, 1.165) is 16.2 Å². The Morgan fingerprint density at radius 2 is 1.92 bits per heavy atom. The molecule has 8 nitrogen and oxygen atoms in total. The van der Waals surface area contributed by atoms with Gasteiger partial charge in [-0.2, -0.15) is 0 Å². The van der Waals surface area contributed by atoms with Gasteiger partial charge in [-0.3, -0.25) is 4.79 Å². The minimum absolute atomic E-state index is 0.156. The van der Waals surface area contributed by atoms with Gasteiger partial charge in [-0.05, 0) is 44.5 Å². The number of carbonyl (C=O) groups excluding carboxylic acids is 2. The number of aromatic nitrogens is 2. The van der Waals surface area contributed by atoms with Crippen molar-refractivity contribution in [1.29, 1.82) is 0 Å². The summed E-state index contributed by atoms with van der Waals surface area (Å²) in [4.78, 5) is 33.4. The van der Waals surface area contributed by atoms with Gasteiger partial charge in [-0.1, -0.05) is 0 Å². The molecule has 1 N–H and O–H groups in total. The lowest BCUT2D eigenvalue weighted by Gasteiger charge is -2.15. The van der Waals surface area contributed by atoms with Crippen LogP contribution in [0, 0.1) is 6.92 Å². The third-order valence-electron chi connectivity index (χ3n) is 3.81. The monoisotopic (exact) mass is 342 g/mol. The van der Waals surface area contributed by atoms with E-state index >= 15 is 0 Å². The molecule has 0 atom stereocenters. The standard InChI is InChI=1S/C17H18N4O4/c1-10-7-11(5-6-12(10)24-4)25-14-8-13(18-9-19-14)21-15(22)17(2,3)20-16(21)23/h5-9H,1-4H3,(H,20,23). The Labute approximate surface area is 144 Å². The van der Waals surface area contributed by atoms with E-state index in [1.807, 2.05) is 6.92 Å². The molecule has 1 fully saturated rings. The van der Waals surface area contributed by atoms with Crippen molar-refractivity contribution in [3.05, 3.63) is 36.2 Å². The number of urea groups is 1. The van der Waals surface area contributed by atoms with Crippen LogP contribution in [0.3, 0.4) is 0 Å². The number of anilines is 1. The molecule has 1 aliphatic rings. The zero-order valence-electron chi connectivity index (χ0n) is 14.4. The van der Waals surface area contributed by atoms with Crippen molar-refractivity contribution in [1.82, 2.24) is 15.3 Å². The highest BCUT2D eigenvalue weighted by Gasteiger charge is 2.45. The van der Waals surface area contributed by atoms with Gasteiger partial charge in [-0.15, -0.1) is 0 Å². The number of hydrogen-bond acceptors (Lipinski definition) is 6. The summed E-state index contributed by atoms with van der Waals surface area (Å²) in [6.07, 6.45) is 1.24. The summed E-state index contributed by atoms with van der Waals surface area (Å²) >= 11 is 0. The normalized spacial score (nSPS) is 15.9. The number of carbonyl (C=O) groups is 2. The van der Waals surface area contributed by atoms with Gasteiger partial charge in [-0.25, -0.2) is 19.7 Å². The fourth-order valence-corrected chi connectivity index (χ4v) is 2.50. The number of amides is 3. The average molecular weight is 342 g/mol. The summed E-state index contributed by atoms with van der Waals surface area (Å²) in [5, 5.41) is 2.60. The fourth-order valence-electron chi connectivity index (χ4n) is 2.50. The number of hydrogen-bond donors (Lipinski definition) is 1. The lowest BCUT2D eigenvalue weighted by molar-refractivity contribution is -0.121. The molecule has 1 saturated heterocycles. The van der Waals surface area contributed by atoms with Crippen LogP contribution in [0.25, 0.3) is 0 Å².